The summed E-state index contributed by atoms with van der Waals surface area (Å²) >= 11 is 0. The molecule has 0 saturated heterocycles. The summed E-state index contributed by atoms with van der Waals surface area (Å²) < 4.78 is 15.6. The van der Waals surface area contributed by atoms with Gasteiger partial charge >= 0.3 is 0 Å². The summed E-state index contributed by atoms with van der Waals surface area (Å²) in [6.45, 7) is 0.290. The average molecular weight is 278 g/mol. The fourth-order valence-corrected chi connectivity index (χ4v) is 1.46. The second kappa shape index (κ2) is 7.89. The number of benzene rings is 1. The van der Waals surface area contributed by atoms with Crippen LogP contribution in [0.25, 0.3) is 0 Å². The van der Waals surface area contributed by atoms with Gasteiger partial charge in [-0.2, -0.15) is 5.26 Å². The van der Waals surface area contributed by atoms with Crippen molar-refractivity contribution < 1.29 is 19.0 Å². The van der Waals surface area contributed by atoms with Crippen molar-refractivity contribution in [3.8, 4) is 23.3 Å². The van der Waals surface area contributed by atoms with E-state index in [0.29, 0.717) is 30.2 Å². The molecule has 0 aliphatic carbocycles. The van der Waals surface area contributed by atoms with E-state index < -0.39 is 0 Å². The maximum Gasteiger partial charge on any atom is 0.260 e. The Morgan fingerprint density at radius 3 is 2.25 bits per heavy atom. The summed E-state index contributed by atoms with van der Waals surface area (Å²) in [7, 11) is 4.72. The van der Waals surface area contributed by atoms with Gasteiger partial charge in [-0.25, -0.2) is 0 Å². The van der Waals surface area contributed by atoms with E-state index in [0.717, 1.165) is 0 Å². The molecule has 0 bridgehead atoms. The molecule has 1 rings (SSSR count). The highest BCUT2D eigenvalue weighted by atomic mass is 16.5. The summed E-state index contributed by atoms with van der Waals surface area (Å²) in [5.41, 5.74) is 0. The van der Waals surface area contributed by atoms with Gasteiger partial charge in [0.2, 0.25) is 0 Å². The zero-order chi connectivity index (χ0) is 15.0. The normalized spacial score (nSPS) is 9.50. The van der Waals surface area contributed by atoms with Gasteiger partial charge in [-0.05, 0) is 0 Å². The topological polar surface area (TPSA) is 71.8 Å². The fourth-order valence-electron chi connectivity index (χ4n) is 1.46. The van der Waals surface area contributed by atoms with Gasteiger partial charge in [0.1, 0.15) is 17.2 Å². The first-order valence-electron chi connectivity index (χ1n) is 6.07. The molecule has 0 unspecified atom stereocenters. The van der Waals surface area contributed by atoms with E-state index in [-0.39, 0.29) is 12.5 Å². The number of carbonyl (C=O) groups is 1. The van der Waals surface area contributed by atoms with Crippen molar-refractivity contribution in [2.45, 2.75) is 6.42 Å². The van der Waals surface area contributed by atoms with Crippen LogP contribution in [-0.2, 0) is 4.79 Å². The molecule has 1 amide bonds. The lowest BCUT2D eigenvalue weighted by Gasteiger charge is -2.16. The molecular formula is C14H18N2O4. The van der Waals surface area contributed by atoms with Gasteiger partial charge in [-0.1, -0.05) is 0 Å². The van der Waals surface area contributed by atoms with Gasteiger partial charge < -0.3 is 19.1 Å². The second-order valence-corrected chi connectivity index (χ2v) is 4.06. The molecular weight excluding hydrogens is 260 g/mol. The van der Waals surface area contributed by atoms with E-state index in [1.165, 1.54) is 4.90 Å². The lowest BCUT2D eigenvalue weighted by atomic mass is 10.3. The Morgan fingerprint density at radius 1 is 1.20 bits per heavy atom. The molecule has 1 aromatic carbocycles. The second-order valence-electron chi connectivity index (χ2n) is 4.06. The van der Waals surface area contributed by atoms with Crippen LogP contribution in [0.1, 0.15) is 6.42 Å². The summed E-state index contributed by atoms with van der Waals surface area (Å²) in [4.78, 5) is 13.2. The number of ether oxygens (including phenoxy) is 3. The standard InChI is InChI=1S/C14H18N2O4/c1-16(6-4-5-15)14(17)10-20-13-8-11(18-2)7-12(9-13)19-3/h7-9H,4,6,10H2,1-3H3. The highest BCUT2D eigenvalue weighted by molar-refractivity contribution is 5.77. The Hall–Kier alpha value is -2.42. The predicted molar refractivity (Wildman–Crippen MR) is 72.9 cm³/mol. The first-order chi connectivity index (χ1) is 9.60. The molecule has 6 heteroatoms. The Labute approximate surface area is 118 Å². The van der Waals surface area contributed by atoms with Gasteiger partial charge in [0.05, 0.1) is 26.7 Å². The van der Waals surface area contributed by atoms with Crippen LogP contribution in [0.3, 0.4) is 0 Å². The number of nitrogens with zero attached hydrogens (tertiary/aromatic N) is 2. The van der Waals surface area contributed by atoms with Crippen LogP contribution >= 0.6 is 0 Å². The van der Waals surface area contributed by atoms with E-state index in [1.807, 2.05) is 6.07 Å². The molecule has 0 aliphatic heterocycles. The molecule has 6 nitrogen and oxygen atoms in total. The third-order valence-corrected chi connectivity index (χ3v) is 2.67. The van der Waals surface area contributed by atoms with Crippen LogP contribution < -0.4 is 14.2 Å². The average Bonchev–Trinajstić information content (AvgIpc) is 2.49. The van der Waals surface area contributed by atoms with E-state index in [1.54, 1.807) is 39.5 Å². The van der Waals surface area contributed by atoms with Crippen LogP contribution in [0.15, 0.2) is 18.2 Å². The number of nitriles is 1. The number of methoxy groups -OCH3 is 2. The highest BCUT2D eigenvalue weighted by Crippen LogP contribution is 2.27. The molecule has 1 aromatic rings. The minimum atomic E-state index is -0.193. The van der Waals surface area contributed by atoms with E-state index >= 15 is 0 Å². The highest BCUT2D eigenvalue weighted by Gasteiger charge is 2.10. The first kappa shape index (κ1) is 15.6. The quantitative estimate of drug-likeness (QED) is 0.755. The SMILES string of the molecule is COc1cc(OC)cc(OCC(=O)N(C)CCC#N)c1. The maximum atomic E-state index is 11.8. The predicted octanol–water partition coefficient (Wildman–Crippen LogP) is 1.45. The van der Waals surface area contributed by atoms with Crippen molar-refractivity contribution in [3.63, 3.8) is 0 Å². The molecule has 0 fully saturated rings. The molecule has 0 aliphatic rings. The summed E-state index contributed by atoms with van der Waals surface area (Å²) in [6.07, 6.45) is 0.301. The summed E-state index contributed by atoms with van der Waals surface area (Å²) in [6, 6.07) is 7.05. The van der Waals surface area contributed by atoms with E-state index in [9.17, 15) is 4.79 Å². The Kier molecular flexibility index (Phi) is 6.17. The molecule has 0 N–H and O–H groups in total. The van der Waals surface area contributed by atoms with Crippen molar-refractivity contribution in [1.82, 2.24) is 4.90 Å². The van der Waals surface area contributed by atoms with Gasteiger partial charge in [-0.3, -0.25) is 4.79 Å². The number of hydrogen-bond donors (Lipinski definition) is 0. The minimum absolute atomic E-state index is 0.0990. The van der Waals surface area contributed by atoms with Gasteiger partial charge in [0.15, 0.2) is 6.61 Å². The Bertz CT molecular complexity index is 474. The third-order valence-electron chi connectivity index (χ3n) is 2.67. The van der Waals surface area contributed by atoms with E-state index in [4.69, 9.17) is 19.5 Å². The molecule has 108 valence electrons. The van der Waals surface area contributed by atoms with Gasteiger partial charge in [-0.15, -0.1) is 0 Å². The molecule has 0 atom stereocenters. The van der Waals surface area contributed by atoms with Crippen molar-refractivity contribution in [2.24, 2.45) is 0 Å². The number of likely N-dealkylation sites (N-methyl/N-ethyl adjacent to an activating group) is 1. The minimum Gasteiger partial charge on any atom is -0.496 e. The summed E-state index contributed by atoms with van der Waals surface area (Å²) in [5.74, 6) is 1.47. The largest absolute Gasteiger partial charge is 0.496 e. The van der Waals surface area contributed by atoms with Crippen molar-refractivity contribution in [3.05, 3.63) is 18.2 Å². The zero-order valence-corrected chi connectivity index (χ0v) is 11.9. The molecule has 0 spiro atoms. The number of rotatable bonds is 7. The molecule has 0 radical (unpaired) electrons. The fraction of sp³-hybridized carbons (Fsp3) is 0.429. The van der Waals surface area contributed by atoms with Crippen LogP contribution in [0.4, 0.5) is 0 Å². The maximum absolute atomic E-state index is 11.8. The van der Waals surface area contributed by atoms with Gasteiger partial charge in [0.25, 0.3) is 5.91 Å². The number of amides is 1. The number of hydrogen-bond acceptors (Lipinski definition) is 5. The lowest BCUT2D eigenvalue weighted by Crippen LogP contribution is -2.32. The third kappa shape index (κ3) is 4.69. The lowest BCUT2D eigenvalue weighted by molar-refractivity contribution is -0.131. The molecule has 20 heavy (non-hydrogen) atoms. The molecule has 0 aromatic heterocycles. The zero-order valence-electron chi connectivity index (χ0n) is 11.9. The molecule has 0 heterocycles. The van der Waals surface area contributed by atoms with Crippen molar-refractivity contribution >= 4 is 5.91 Å². The van der Waals surface area contributed by atoms with Gasteiger partial charge in [0, 0.05) is 31.8 Å². The van der Waals surface area contributed by atoms with E-state index in [2.05, 4.69) is 0 Å². The Morgan fingerprint density at radius 2 is 1.75 bits per heavy atom. The van der Waals surface area contributed by atoms with Crippen molar-refractivity contribution in [1.29, 1.82) is 5.26 Å². The van der Waals surface area contributed by atoms with Crippen LogP contribution in [0.5, 0.6) is 17.2 Å². The number of carbonyl (C=O) groups excluding carboxylic acids is 1. The van der Waals surface area contributed by atoms with Crippen LogP contribution in [0, 0.1) is 11.3 Å². The van der Waals surface area contributed by atoms with Crippen LogP contribution in [0.2, 0.25) is 0 Å². The summed E-state index contributed by atoms with van der Waals surface area (Å²) in [5, 5.41) is 8.47. The molecule has 0 saturated carbocycles. The van der Waals surface area contributed by atoms with Crippen molar-refractivity contribution in [2.75, 3.05) is 34.4 Å². The first-order valence-corrected chi connectivity index (χ1v) is 6.07. The smallest absolute Gasteiger partial charge is 0.260 e. The Balaban J connectivity index is 2.61. The van der Waals surface area contributed by atoms with Crippen LogP contribution in [-0.4, -0.2) is 45.2 Å². The monoisotopic (exact) mass is 278 g/mol.